The summed E-state index contributed by atoms with van der Waals surface area (Å²) in [4.78, 5) is 37.5. The molecule has 0 saturated heterocycles. The molecule has 1 atom stereocenters. The molecule has 0 aromatic heterocycles. The molecule has 0 radical (unpaired) electrons. The SMILES string of the molecule is CCOC(=O)CN1C(=O)N[C@H](c2ccc(Br)cc2)C(C(C)=O)=C1C. The van der Waals surface area contributed by atoms with Crippen molar-refractivity contribution < 1.29 is 19.1 Å². The van der Waals surface area contributed by atoms with Gasteiger partial charge in [-0.1, -0.05) is 28.1 Å². The van der Waals surface area contributed by atoms with Crippen LogP contribution in [0.1, 0.15) is 32.4 Å². The minimum Gasteiger partial charge on any atom is -0.465 e. The lowest BCUT2D eigenvalue weighted by Gasteiger charge is -2.35. The second kappa shape index (κ2) is 7.61. The number of urea groups is 1. The molecule has 0 unspecified atom stereocenters. The quantitative estimate of drug-likeness (QED) is 0.778. The molecule has 1 aliphatic rings. The Labute approximate surface area is 149 Å². The lowest BCUT2D eigenvalue weighted by molar-refractivity contribution is -0.143. The third-order valence-corrected chi connectivity index (χ3v) is 4.30. The molecule has 1 aromatic carbocycles. The van der Waals surface area contributed by atoms with E-state index in [1.807, 2.05) is 24.3 Å². The Morgan fingerprint density at radius 1 is 1.29 bits per heavy atom. The zero-order chi connectivity index (χ0) is 17.9. The van der Waals surface area contributed by atoms with Gasteiger partial charge in [-0.3, -0.25) is 14.5 Å². The summed E-state index contributed by atoms with van der Waals surface area (Å²) < 4.78 is 5.79. The number of nitrogens with zero attached hydrogens (tertiary/aromatic N) is 1. The first-order valence-corrected chi connectivity index (χ1v) is 8.35. The Morgan fingerprint density at radius 3 is 2.46 bits per heavy atom. The first kappa shape index (κ1) is 18.2. The number of carbonyl (C=O) groups excluding carboxylic acids is 3. The Bertz CT molecular complexity index is 697. The normalized spacial score (nSPS) is 17.6. The third-order valence-electron chi connectivity index (χ3n) is 3.77. The fraction of sp³-hybridized carbons (Fsp3) is 0.353. The minimum absolute atomic E-state index is 0.158. The fourth-order valence-electron chi connectivity index (χ4n) is 2.67. The first-order valence-electron chi connectivity index (χ1n) is 7.56. The van der Waals surface area contributed by atoms with Crippen LogP contribution in [0.15, 0.2) is 40.0 Å². The maximum Gasteiger partial charge on any atom is 0.326 e. The average Bonchev–Trinajstić information content (AvgIpc) is 2.51. The number of carbonyl (C=O) groups is 3. The van der Waals surface area contributed by atoms with Crippen LogP contribution in [0, 0.1) is 0 Å². The van der Waals surface area contributed by atoms with Crippen LogP contribution in [0.3, 0.4) is 0 Å². The van der Waals surface area contributed by atoms with E-state index in [1.54, 1.807) is 13.8 Å². The van der Waals surface area contributed by atoms with E-state index in [4.69, 9.17) is 4.74 Å². The van der Waals surface area contributed by atoms with Crippen molar-refractivity contribution in [2.75, 3.05) is 13.2 Å². The highest BCUT2D eigenvalue weighted by Crippen LogP contribution is 2.31. The number of halogens is 1. The summed E-state index contributed by atoms with van der Waals surface area (Å²) in [6.45, 7) is 4.82. The van der Waals surface area contributed by atoms with E-state index in [9.17, 15) is 14.4 Å². The number of ketones is 1. The number of hydrogen-bond acceptors (Lipinski definition) is 4. The van der Waals surface area contributed by atoms with Crippen molar-refractivity contribution in [1.82, 2.24) is 10.2 Å². The zero-order valence-electron chi connectivity index (χ0n) is 13.8. The number of ether oxygens (including phenoxy) is 1. The van der Waals surface area contributed by atoms with E-state index in [0.717, 1.165) is 10.0 Å². The maximum atomic E-state index is 12.4. The van der Waals surface area contributed by atoms with Crippen LogP contribution in [-0.4, -0.2) is 35.8 Å². The number of esters is 1. The summed E-state index contributed by atoms with van der Waals surface area (Å²) in [5.74, 6) is -0.675. The van der Waals surface area contributed by atoms with Gasteiger partial charge in [0.2, 0.25) is 0 Å². The molecule has 0 saturated carbocycles. The van der Waals surface area contributed by atoms with Gasteiger partial charge >= 0.3 is 12.0 Å². The van der Waals surface area contributed by atoms with Gasteiger partial charge in [0.1, 0.15) is 6.54 Å². The van der Waals surface area contributed by atoms with Gasteiger partial charge in [0, 0.05) is 15.7 Å². The average molecular weight is 395 g/mol. The summed E-state index contributed by atoms with van der Waals surface area (Å²) >= 11 is 3.36. The molecule has 1 aromatic rings. The van der Waals surface area contributed by atoms with Crippen LogP contribution in [0.5, 0.6) is 0 Å². The van der Waals surface area contributed by atoms with Crippen LogP contribution in [0.4, 0.5) is 4.79 Å². The van der Waals surface area contributed by atoms with Gasteiger partial charge in [0.15, 0.2) is 5.78 Å². The van der Waals surface area contributed by atoms with Crippen molar-refractivity contribution in [2.24, 2.45) is 0 Å². The number of amides is 2. The largest absolute Gasteiger partial charge is 0.465 e. The van der Waals surface area contributed by atoms with E-state index >= 15 is 0 Å². The van der Waals surface area contributed by atoms with Crippen LogP contribution >= 0.6 is 15.9 Å². The number of hydrogen-bond donors (Lipinski definition) is 1. The molecule has 7 heteroatoms. The van der Waals surface area contributed by atoms with Gasteiger partial charge in [0.25, 0.3) is 0 Å². The van der Waals surface area contributed by atoms with Crippen molar-refractivity contribution in [1.29, 1.82) is 0 Å². The molecule has 1 heterocycles. The standard InChI is InChI=1S/C17H19BrN2O4/c1-4-24-14(22)9-20-10(2)15(11(3)21)16(19-17(20)23)12-5-7-13(18)8-6-12/h5-8,16H,4,9H2,1-3H3,(H,19,23)/t16-/m1/s1. The molecule has 2 rings (SSSR count). The predicted molar refractivity (Wildman–Crippen MR) is 92.1 cm³/mol. The molecule has 0 aliphatic carbocycles. The Kier molecular flexibility index (Phi) is 5.77. The number of benzene rings is 1. The summed E-state index contributed by atoms with van der Waals surface area (Å²) in [7, 11) is 0. The summed E-state index contributed by atoms with van der Waals surface area (Å²) in [5, 5.41) is 2.80. The smallest absolute Gasteiger partial charge is 0.326 e. The molecular formula is C17H19BrN2O4. The van der Waals surface area contributed by atoms with Gasteiger partial charge in [0.05, 0.1) is 12.6 Å². The Hall–Kier alpha value is -2.15. The van der Waals surface area contributed by atoms with Gasteiger partial charge in [-0.25, -0.2) is 4.79 Å². The summed E-state index contributed by atoms with van der Waals surface area (Å²) in [6, 6.07) is 6.40. The molecule has 0 fully saturated rings. The van der Waals surface area contributed by atoms with Crippen molar-refractivity contribution in [2.45, 2.75) is 26.8 Å². The molecule has 128 valence electrons. The summed E-state index contributed by atoms with van der Waals surface area (Å²) in [5.41, 5.74) is 1.72. The highest BCUT2D eigenvalue weighted by molar-refractivity contribution is 9.10. The van der Waals surface area contributed by atoms with Crippen LogP contribution in [-0.2, 0) is 14.3 Å². The van der Waals surface area contributed by atoms with E-state index in [-0.39, 0.29) is 18.9 Å². The summed E-state index contributed by atoms with van der Waals surface area (Å²) in [6.07, 6.45) is 0. The van der Waals surface area contributed by atoms with Crippen molar-refractivity contribution >= 4 is 33.7 Å². The number of Topliss-reactive ketones (excluding diaryl/α,β-unsaturated/α-hetero) is 1. The van der Waals surface area contributed by atoms with Gasteiger partial charge in [-0.2, -0.15) is 0 Å². The number of rotatable bonds is 5. The number of nitrogens with one attached hydrogen (secondary N) is 1. The number of allylic oxidation sites excluding steroid dienone is 1. The topological polar surface area (TPSA) is 75.7 Å². The molecule has 0 spiro atoms. The second-order valence-electron chi connectivity index (χ2n) is 5.38. The Balaban J connectivity index is 2.40. The molecule has 1 N–H and O–H groups in total. The molecular weight excluding hydrogens is 376 g/mol. The third kappa shape index (κ3) is 3.84. The molecule has 0 bridgehead atoms. The Morgan fingerprint density at radius 2 is 1.92 bits per heavy atom. The van der Waals surface area contributed by atoms with E-state index in [0.29, 0.717) is 11.3 Å². The predicted octanol–water partition coefficient (Wildman–Crippen LogP) is 2.94. The lowest BCUT2D eigenvalue weighted by Crippen LogP contribution is -2.49. The van der Waals surface area contributed by atoms with Gasteiger partial charge in [-0.05, 0) is 38.5 Å². The van der Waals surface area contributed by atoms with E-state index in [1.165, 1.54) is 11.8 Å². The van der Waals surface area contributed by atoms with E-state index < -0.39 is 18.0 Å². The molecule has 6 nitrogen and oxygen atoms in total. The second-order valence-corrected chi connectivity index (χ2v) is 6.30. The van der Waals surface area contributed by atoms with Crippen molar-refractivity contribution in [3.8, 4) is 0 Å². The van der Waals surface area contributed by atoms with Crippen molar-refractivity contribution in [3.05, 3.63) is 45.6 Å². The van der Waals surface area contributed by atoms with Gasteiger partial charge < -0.3 is 10.1 Å². The monoisotopic (exact) mass is 394 g/mol. The van der Waals surface area contributed by atoms with E-state index in [2.05, 4.69) is 21.2 Å². The van der Waals surface area contributed by atoms with Crippen LogP contribution < -0.4 is 5.32 Å². The molecule has 1 aliphatic heterocycles. The lowest BCUT2D eigenvalue weighted by atomic mass is 9.92. The van der Waals surface area contributed by atoms with Crippen LogP contribution in [0.25, 0.3) is 0 Å². The fourth-order valence-corrected chi connectivity index (χ4v) is 2.93. The first-order chi connectivity index (χ1) is 11.3. The van der Waals surface area contributed by atoms with Gasteiger partial charge in [-0.15, -0.1) is 0 Å². The molecule has 2 amide bonds. The minimum atomic E-state index is -0.540. The van der Waals surface area contributed by atoms with Crippen LogP contribution in [0.2, 0.25) is 0 Å². The highest BCUT2D eigenvalue weighted by atomic mass is 79.9. The maximum absolute atomic E-state index is 12.4. The highest BCUT2D eigenvalue weighted by Gasteiger charge is 2.35. The zero-order valence-corrected chi connectivity index (χ0v) is 15.3. The molecule has 24 heavy (non-hydrogen) atoms. The van der Waals surface area contributed by atoms with Crippen molar-refractivity contribution in [3.63, 3.8) is 0 Å².